The van der Waals surface area contributed by atoms with Crippen molar-refractivity contribution >= 4 is 28.7 Å². The molecule has 7 heteroatoms. The van der Waals surface area contributed by atoms with Gasteiger partial charge in [-0.05, 0) is 12.1 Å². The lowest BCUT2D eigenvalue weighted by Gasteiger charge is -2.17. The molecular weight excluding hydrogens is 315 g/mol. The lowest BCUT2D eigenvalue weighted by Crippen LogP contribution is -2.11. The van der Waals surface area contributed by atoms with Crippen LogP contribution in [0.2, 0.25) is 5.15 Å². The zero-order valence-corrected chi connectivity index (χ0v) is 12.4. The minimum Gasteiger partial charge on any atom is -0.388 e. The molecule has 2 N–H and O–H groups in total. The van der Waals surface area contributed by atoms with Gasteiger partial charge in [-0.1, -0.05) is 36.4 Å². The third-order valence-corrected chi connectivity index (χ3v) is 3.21. The Morgan fingerprint density at radius 3 is 2.55 bits per heavy atom. The van der Waals surface area contributed by atoms with E-state index in [1.165, 1.54) is 0 Å². The van der Waals surface area contributed by atoms with E-state index in [-0.39, 0.29) is 10.8 Å². The second-order valence-electron chi connectivity index (χ2n) is 4.45. The maximum absolute atomic E-state index is 13.1. The van der Waals surface area contributed by atoms with E-state index >= 15 is 0 Å². The molecule has 116 valence electrons. The van der Waals surface area contributed by atoms with E-state index in [9.17, 15) is 13.2 Å². The zero-order chi connectivity index (χ0) is 16.3. The fourth-order valence-corrected chi connectivity index (χ4v) is 2.05. The number of hydrogen-bond donors (Lipinski definition) is 2. The van der Waals surface area contributed by atoms with Crippen LogP contribution in [0.25, 0.3) is 5.70 Å². The Morgan fingerprint density at radius 1 is 1.23 bits per heavy atom. The standard InChI is InChI=1S/C15H13ClF3N3/c1-9(20-2)10-5-3-4-6-12(10)22-13-7-14(16)21-8-11(13)15(17,18)19/h3-8,20H,1H2,2H3,(H,21,22). The molecule has 0 atom stereocenters. The van der Waals surface area contributed by atoms with Gasteiger partial charge in [0.05, 0.1) is 11.3 Å². The van der Waals surface area contributed by atoms with Crippen molar-refractivity contribution in [1.82, 2.24) is 10.3 Å². The minimum atomic E-state index is -4.53. The highest BCUT2D eigenvalue weighted by Crippen LogP contribution is 2.37. The van der Waals surface area contributed by atoms with E-state index in [0.29, 0.717) is 23.1 Å². The smallest absolute Gasteiger partial charge is 0.388 e. The number of pyridine rings is 1. The number of anilines is 2. The molecule has 0 radical (unpaired) electrons. The van der Waals surface area contributed by atoms with Crippen LogP contribution in [0.5, 0.6) is 0 Å². The van der Waals surface area contributed by atoms with Crippen molar-refractivity contribution < 1.29 is 13.2 Å². The molecule has 0 aliphatic heterocycles. The Morgan fingerprint density at radius 2 is 1.91 bits per heavy atom. The van der Waals surface area contributed by atoms with Gasteiger partial charge in [0.15, 0.2) is 0 Å². The highest BCUT2D eigenvalue weighted by Gasteiger charge is 2.34. The third kappa shape index (κ3) is 3.51. The molecule has 0 aliphatic rings. The molecule has 22 heavy (non-hydrogen) atoms. The monoisotopic (exact) mass is 327 g/mol. The molecule has 1 heterocycles. The van der Waals surface area contributed by atoms with Crippen molar-refractivity contribution in [3.05, 3.63) is 59.4 Å². The van der Waals surface area contributed by atoms with Crippen LogP contribution in [-0.2, 0) is 6.18 Å². The van der Waals surface area contributed by atoms with E-state index < -0.39 is 11.7 Å². The lowest BCUT2D eigenvalue weighted by molar-refractivity contribution is -0.137. The SMILES string of the molecule is C=C(NC)c1ccccc1Nc1cc(Cl)ncc1C(F)(F)F. The number of hydrogen-bond acceptors (Lipinski definition) is 3. The van der Waals surface area contributed by atoms with Crippen LogP contribution < -0.4 is 10.6 Å². The summed E-state index contributed by atoms with van der Waals surface area (Å²) in [5.41, 5.74) is 0.670. The molecule has 0 saturated heterocycles. The summed E-state index contributed by atoms with van der Waals surface area (Å²) in [6.07, 6.45) is -3.82. The van der Waals surface area contributed by atoms with Gasteiger partial charge in [0.2, 0.25) is 0 Å². The maximum Gasteiger partial charge on any atom is 0.419 e. The van der Waals surface area contributed by atoms with Gasteiger partial charge < -0.3 is 10.6 Å². The topological polar surface area (TPSA) is 37.0 Å². The molecule has 0 bridgehead atoms. The number of nitrogens with zero attached hydrogens (tertiary/aromatic N) is 1. The van der Waals surface area contributed by atoms with Crippen molar-refractivity contribution in [2.75, 3.05) is 12.4 Å². The van der Waals surface area contributed by atoms with Gasteiger partial charge in [0.1, 0.15) is 5.15 Å². The Kier molecular flexibility index (Phi) is 4.61. The Labute approximate surface area is 130 Å². The summed E-state index contributed by atoms with van der Waals surface area (Å²) in [5, 5.41) is 5.60. The van der Waals surface area contributed by atoms with Crippen molar-refractivity contribution in [1.29, 1.82) is 0 Å². The molecule has 2 rings (SSSR count). The van der Waals surface area contributed by atoms with Crippen LogP contribution in [0.4, 0.5) is 24.5 Å². The van der Waals surface area contributed by atoms with Crippen molar-refractivity contribution in [2.24, 2.45) is 0 Å². The summed E-state index contributed by atoms with van der Waals surface area (Å²) < 4.78 is 39.2. The molecular formula is C15H13ClF3N3. The summed E-state index contributed by atoms with van der Waals surface area (Å²) in [4.78, 5) is 3.50. The first kappa shape index (κ1) is 16.2. The van der Waals surface area contributed by atoms with Gasteiger partial charge in [0.25, 0.3) is 0 Å². The number of rotatable bonds is 4. The first-order chi connectivity index (χ1) is 10.3. The minimum absolute atomic E-state index is 0.0274. The van der Waals surface area contributed by atoms with Crippen LogP contribution in [0.1, 0.15) is 11.1 Å². The fraction of sp³-hybridized carbons (Fsp3) is 0.133. The first-order valence-corrected chi connectivity index (χ1v) is 6.66. The normalized spacial score (nSPS) is 11.1. The van der Waals surface area contributed by atoms with Crippen molar-refractivity contribution in [2.45, 2.75) is 6.18 Å². The Bertz CT molecular complexity index is 699. The number of alkyl halides is 3. The summed E-state index contributed by atoms with van der Waals surface area (Å²) in [6, 6.07) is 8.03. The van der Waals surface area contributed by atoms with Crippen LogP contribution >= 0.6 is 11.6 Å². The highest BCUT2D eigenvalue weighted by molar-refractivity contribution is 6.29. The number of halogens is 4. The average molecular weight is 328 g/mol. The van der Waals surface area contributed by atoms with Gasteiger partial charge in [-0.2, -0.15) is 13.2 Å². The van der Waals surface area contributed by atoms with E-state index in [0.717, 1.165) is 6.07 Å². The number of nitrogens with one attached hydrogen (secondary N) is 2. The molecule has 0 spiro atoms. The molecule has 0 unspecified atom stereocenters. The van der Waals surface area contributed by atoms with Gasteiger partial charge in [-0.3, -0.25) is 0 Å². The predicted molar refractivity (Wildman–Crippen MR) is 82.1 cm³/mol. The highest BCUT2D eigenvalue weighted by atomic mass is 35.5. The van der Waals surface area contributed by atoms with E-state index in [1.807, 2.05) is 0 Å². The van der Waals surface area contributed by atoms with Crippen molar-refractivity contribution in [3.63, 3.8) is 0 Å². The number of aromatic nitrogens is 1. The zero-order valence-electron chi connectivity index (χ0n) is 11.6. The molecule has 0 amide bonds. The van der Waals surface area contributed by atoms with E-state index in [2.05, 4.69) is 22.2 Å². The largest absolute Gasteiger partial charge is 0.419 e. The molecule has 1 aromatic heterocycles. The van der Waals surface area contributed by atoms with Crippen LogP contribution in [0.15, 0.2) is 43.1 Å². The molecule has 1 aromatic carbocycles. The van der Waals surface area contributed by atoms with Crippen LogP contribution in [-0.4, -0.2) is 12.0 Å². The summed E-state index contributed by atoms with van der Waals surface area (Å²) >= 11 is 5.71. The molecule has 2 aromatic rings. The Hall–Kier alpha value is -2.21. The predicted octanol–water partition coefficient (Wildman–Crippen LogP) is 4.69. The molecule has 0 aliphatic carbocycles. The second kappa shape index (κ2) is 6.27. The van der Waals surface area contributed by atoms with Crippen LogP contribution in [0, 0.1) is 0 Å². The van der Waals surface area contributed by atoms with Crippen LogP contribution in [0.3, 0.4) is 0 Å². The quantitative estimate of drug-likeness (QED) is 0.800. The average Bonchev–Trinajstić information content (AvgIpc) is 2.46. The van der Waals surface area contributed by atoms with Gasteiger partial charge in [-0.25, -0.2) is 4.98 Å². The summed E-state index contributed by atoms with van der Waals surface area (Å²) in [7, 11) is 1.68. The molecule has 0 saturated carbocycles. The summed E-state index contributed by atoms with van der Waals surface area (Å²) in [5.74, 6) is 0. The number of para-hydroxylation sites is 1. The van der Waals surface area contributed by atoms with E-state index in [1.54, 1.807) is 31.3 Å². The van der Waals surface area contributed by atoms with Gasteiger partial charge >= 0.3 is 6.18 Å². The number of benzene rings is 1. The second-order valence-corrected chi connectivity index (χ2v) is 4.84. The first-order valence-electron chi connectivity index (χ1n) is 6.28. The van der Waals surface area contributed by atoms with E-state index in [4.69, 9.17) is 11.6 Å². The van der Waals surface area contributed by atoms with Crippen molar-refractivity contribution in [3.8, 4) is 0 Å². The maximum atomic E-state index is 13.1. The molecule has 0 fully saturated rings. The summed E-state index contributed by atoms with van der Waals surface area (Å²) in [6.45, 7) is 3.82. The Balaban J connectivity index is 2.48. The third-order valence-electron chi connectivity index (χ3n) is 3.00. The lowest BCUT2D eigenvalue weighted by atomic mass is 10.1. The molecule has 3 nitrogen and oxygen atoms in total. The van der Waals surface area contributed by atoms with Gasteiger partial charge in [-0.15, -0.1) is 0 Å². The van der Waals surface area contributed by atoms with Gasteiger partial charge in [0, 0.05) is 30.2 Å². The fourth-order valence-electron chi connectivity index (χ4n) is 1.89.